The Balaban J connectivity index is 1.13. The number of fused-ring (bicyclic) bond motifs is 4. The largest absolute Gasteiger partial charge is 0.376 e. The molecular formula is C23H26N5O3S+. The molecule has 1 aromatic carbocycles. The van der Waals surface area contributed by atoms with Crippen molar-refractivity contribution in [1.82, 2.24) is 14.7 Å². The third kappa shape index (κ3) is 3.41. The summed E-state index contributed by atoms with van der Waals surface area (Å²) in [6.07, 6.45) is 2.52. The summed E-state index contributed by atoms with van der Waals surface area (Å²) < 4.78 is 12.9. The van der Waals surface area contributed by atoms with Crippen LogP contribution < -0.4 is 15.4 Å². The van der Waals surface area contributed by atoms with Crippen LogP contribution >= 0.6 is 11.3 Å². The second-order valence-corrected chi connectivity index (χ2v) is 9.81. The van der Waals surface area contributed by atoms with E-state index in [9.17, 15) is 4.79 Å². The van der Waals surface area contributed by atoms with Crippen LogP contribution in [0.1, 0.15) is 16.0 Å². The number of nitrogens with one attached hydrogen (secondary N) is 1. The highest BCUT2D eigenvalue weighted by Gasteiger charge is 2.25. The highest BCUT2D eigenvalue weighted by atomic mass is 32.1. The van der Waals surface area contributed by atoms with Crippen molar-refractivity contribution in [2.45, 2.75) is 26.5 Å². The van der Waals surface area contributed by atoms with E-state index in [1.54, 1.807) is 22.2 Å². The summed E-state index contributed by atoms with van der Waals surface area (Å²) in [6.45, 7) is 8.84. The Kier molecular flexibility index (Phi) is 4.97. The van der Waals surface area contributed by atoms with Crippen molar-refractivity contribution in [1.29, 1.82) is 0 Å². The van der Waals surface area contributed by atoms with Crippen LogP contribution in [0.3, 0.4) is 0 Å². The van der Waals surface area contributed by atoms with Gasteiger partial charge in [0.25, 0.3) is 5.56 Å². The van der Waals surface area contributed by atoms with Gasteiger partial charge in [-0.25, -0.2) is 4.98 Å². The van der Waals surface area contributed by atoms with Crippen LogP contribution in [-0.4, -0.2) is 54.0 Å². The molecule has 0 saturated carbocycles. The minimum atomic E-state index is 0.0943. The molecule has 166 valence electrons. The van der Waals surface area contributed by atoms with Crippen molar-refractivity contribution in [3.8, 4) is 0 Å². The zero-order valence-corrected chi connectivity index (χ0v) is 18.9. The summed E-state index contributed by atoms with van der Waals surface area (Å²) in [6, 6.07) is 6.18. The molecule has 0 bridgehead atoms. The van der Waals surface area contributed by atoms with Gasteiger partial charge < -0.3 is 19.1 Å². The predicted molar refractivity (Wildman–Crippen MR) is 124 cm³/mol. The van der Waals surface area contributed by atoms with Gasteiger partial charge in [-0.05, 0) is 31.0 Å². The number of aryl methyl sites for hydroxylation is 1. The summed E-state index contributed by atoms with van der Waals surface area (Å²) in [7, 11) is 0. The molecule has 0 spiro atoms. The molecule has 5 heterocycles. The number of thiophene rings is 1. The lowest BCUT2D eigenvalue weighted by atomic mass is 10.1. The summed E-state index contributed by atoms with van der Waals surface area (Å²) in [5.41, 5.74) is 3.29. The number of nitrogens with zero attached hydrogens (tertiary/aromatic N) is 4. The Labute approximate surface area is 189 Å². The number of anilines is 1. The molecule has 2 aliphatic heterocycles. The molecule has 0 atom stereocenters. The lowest BCUT2D eigenvalue weighted by molar-refractivity contribution is -0.901. The van der Waals surface area contributed by atoms with E-state index in [1.807, 2.05) is 12.1 Å². The van der Waals surface area contributed by atoms with Crippen LogP contribution in [0.2, 0.25) is 0 Å². The van der Waals surface area contributed by atoms with Crippen molar-refractivity contribution >= 4 is 38.3 Å². The summed E-state index contributed by atoms with van der Waals surface area (Å²) in [4.78, 5) is 23.5. The number of ether oxygens (including phenoxy) is 1. The van der Waals surface area contributed by atoms with Gasteiger partial charge in [0, 0.05) is 4.88 Å². The van der Waals surface area contributed by atoms with Crippen molar-refractivity contribution in [2.24, 2.45) is 0 Å². The van der Waals surface area contributed by atoms with E-state index in [0.29, 0.717) is 19.8 Å². The number of quaternary nitrogens is 1. The maximum Gasteiger partial charge on any atom is 0.262 e. The second-order valence-electron chi connectivity index (χ2n) is 8.72. The number of hydrogen-bond donors (Lipinski definition) is 1. The maximum atomic E-state index is 13.1. The van der Waals surface area contributed by atoms with E-state index in [1.165, 1.54) is 10.5 Å². The van der Waals surface area contributed by atoms with E-state index >= 15 is 0 Å². The van der Waals surface area contributed by atoms with Crippen LogP contribution in [0, 0.1) is 6.92 Å². The highest BCUT2D eigenvalue weighted by Crippen LogP contribution is 2.31. The van der Waals surface area contributed by atoms with Gasteiger partial charge in [-0.3, -0.25) is 9.36 Å². The fourth-order valence-electron chi connectivity index (χ4n) is 4.84. The van der Waals surface area contributed by atoms with Crippen molar-refractivity contribution < 1.29 is 14.2 Å². The predicted octanol–water partition coefficient (Wildman–Crippen LogP) is 1.39. The SMILES string of the molecule is Cc1ccc2onc(N3CC[NH+](CCn4cnc5sc6c(c5c4=O)CCOC6)CC3)c2c1. The van der Waals surface area contributed by atoms with E-state index < -0.39 is 0 Å². The molecule has 0 aliphatic carbocycles. The van der Waals surface area contributed by atoms with E-state index in [2.05, 4.69) is 28.0 Å². The minimum absolute atomic E-state index is 0.0943. The molecule has 8 nitrogen and oxygen atoms in total. The molecule has 0 radical (unpaired) electrons. The van der Waals surface area contributed by atoms with Gasteiger partial charge in [-0.15, -0.1) is 11.3 Å². The van der Waals surface area contributed by atoms with Gasteiger partial charge in [0.15, 0.2) is 11.4 Å². The molecule has 3 aromatic heterocycles. The Morgan fingerprint density at radius 2 is 2.12 bits per heavy atom. The van der Waals surface area contributed by atoms with Crippen molar-refractivity contribution in [3.63, 3.8) is 0 Å². The fraction of sp³-hybridized carbons (Fsp3) is 0.435. The Bertz CT molecular complexity index is 1350. The first-order chi connectivity index (χ1) is 15.7. The van der Waals surface area contributed by atoms with Crippen LogP contribution in [-0.2, 0) is 24.3 Å². The van der Waals surface area contributed by atoms with Crippen molar-refractivity contribution in [2.75, 3.05) is 44.2 Å². The quantitative estimate of drug-likeness (QED) is 0.504. The number of piperazine rings is 1. The van der Waals surface area contributed by atoms with Gasteiger partial charge in [0.1, 0.15) is 4.83 Å². The Hall–Kier alpha value is -2.75. The van der Waals surface area contributed by atoms with Crippen LogP contribution in [0.15, 0.2) is 33.8 Å². The fourth-order valence-corrected chi connectivity index (χ4v) is 5.95. The molecule has 4 aromatic rings. The standard InChI is InChI=1S/C23H25N5O3S/c1-15-2-3-18-17(12-15)21(25-31-18)27-8-5-26(6-9-27)7-10-28-14-24-22-20(23(28)29)16-4-11-30-13-19(16)32-22/h2-3,12,14H,4-11,13H2,1H3/p+1. The van der Waals surface area contributed by atoms with Gasteiger partial charge in [-0.2, -0.15) is 0 Å². The smallest absolute Gasteiger partial charge is 0.262 e. The average Bonchev–Trinajstić information content (AvgIpc) is 3.40. The average molecular weight is 453 g/mol. The second kappa shape index (κ2) is 7.99. The van der Waals surface area contributed by atoms with E-state index in [4.69, 9.17) is 9.26 Å². The summed E-state index contributed by atoms with van der Waals surface area (Å²) >= 11 is 1.60. The minimum Gasteiger partial charge on any atom is -0.376 e. The van der Waals surface area contributed by atoms with Gasteiger partial charge in [-0.1, -0.05) is 16.8 Å². The molecule has 1 N–H and O–H groups in total. The van der Waals surface area contributed by atoms with Crippen LogP contribution in [0.4, 0.5) is 5.82 Å². The lowest BCUT2D eigenvalue weighted by Crippen LogP contribution is -3.15. The summed E-state index contributed by atoms with van der Waals surface area (Å²) in [5, 5.41) is 6.23. The molecule has 0 amide bonds. The molecule has 1 saturated heterocycles. The molecule has 32 heavy (non-hydrogen) atoms. The molecule has 6 rings (SSSR count). The Morgan fingerprint density at radius 1 is 1.25 bits per heavy atom. The van der Waals surface area contributed by atoms with Gasteiger partial charge in [0.05, 0.1) is 69.6 Å². The third-order valence-electron chi connectivity index (χ3n) is 6.67. The number of hydrogen-bond acceptors (Lipinski definition) is 7. The number of benzene rings is 1. The number of rotatable bonds is 4. The third-order valence-corrected chi connectivity index (χ3v) is 7.79. The molecule has 9 heteroatoms. The zero-order chi connectivity index (χ0) is 21.7. The molecule has 2 aliphatic rings. The summed E-state index contributed by atoms with van der Waals surface area (Å²) in [5.74, 6) is 0.944. The van der Waals surface area contributed by atoms with Gasteiger partial charge in [0.2, 0.25) is 0 Å². The van der Waals surface area contributed by atoms with E-state index in [-0.39, 0.29) is 5.56 Å². The normalized spacial score (nSPS) is 17.3. The first-order valence-electron chi connectivity index (χ1n) is 11.2. The zero-order valence-electron chi connectivity index (χ0n) is 18.1. The lowest BCUT2D eigenvalue weighted by Gasteiger charge is -2.32. The molecular weight excluding hydrogens is 426 g/mol. The highest BCUT2D eigenvalue weighted by molar-refractivity contribution is 7.18. The van der Waals surface area contributed by atoms with Crippen LogP contribution in [0.5, 0.6) is 0 Å². The molecule has 1 fully saturated rings. The monoisotopic (exact) mass is 452 g/mol. The van der Waals surface area contributed by atoms with Crippen LogP contribution in [0.25, 0.3) is 21.2 Å². The maximum absolute atomic E-state index is 13.1. The van der Waals surface area contributed by atoms with Gasteiger partial charge >= 0.3 is 0 Å². The topological polar surface area (TPSA) is 77.8 Å². The first kappa shape index (κ1) is 19.9. The first-order valence-corrected chi connectivity index (χ1v) is 12.0. The molecule has 0 unspecified atom stereocenters. The van der Waals surface area contributed by atoms with Crippen molar-refractivity contribution in [3.05, 3.63) is 50.9 Å². The number of aromatic nitrogens is 3. The van der Waals surface area contributed by atoms with E-state index in [0.717, 1.165) is 76.6 Å². The Morgan fingerprint density at radius 3 is 3.00 bits per heavy atom.